The smallest absolute Gasteiger partial charge is 0.152 e. The number of aldehydes is 1. The summed E-state index contributed by atoms with van der Waals surface area (Å²) < 4.78 is 5.35. The number of aromatic amines is 1. The molecule has 0 atom stereocenters. The van der Waals surface area contributed by atoms with Crippen molar-refractivity contribution in [2.75, 3.05) is 7.11 Å². The van der Waals surface area contributed by atoms with E-state index in [4.69, 9.17) is 27.9 Å². The minimum atomic E-state index is 0.535. The van der Waals surface area contributed by atoms with Crippen LogP contribution in [0.1, 0.15) is 10.4 Å². The molecule has 0 aliphatic heterocycles. The van der Waals surface area contributed by atoms with Gasteiger partial charge in [-0.1, -0.05) is 35.3 Å². The molecule has 2 aromatic carbocycles. The predicted octanol–water partition coefficient (Wildman–Crippen LogP) is 4.96. The number of para-hydroxylation sites is 1. The van der Waals surface area contributed by atoms with Gasteiger partial charge in [0.1, 0.15) is 5.75 Å². The summed E-state index contributed by atoms with van der Waals surface area (Å²) >= 11 is 12.3. The Morgan fingerprint density at radius 3 is 2.71 bits per heavy atom. The summed E-state index contributed by atoms with van der Waals surface area (Å²) in [6, 6.07) is 10.7. The molecule has 0 bridgehead atoms. The molecule has 5 heteroatoms. The first-order chi connectivity index (χ1) is 10.2. The van der Waals surface area contributed by atoms with Crippen LogP contribution in [0.25, 0.3) is 22.2 Å². The van der Waals surface area contributed by atoms with Crippen LogP contribution in [0.3, 0.4) is 0 Å². The molecule has 3 nitrogen and oxygen atoms in total. The fraction of sp³-hybridized carbons (Fsp3) is 0.0625. The van der Waals surface area contributed by atoms with Gasteiger partial charge < -0.3 is 9.72 Å². The highest BCUT2D eigenvalue weighted by atomic mass is 35.5. The molecule has 0 spiro atoms. The van der Waals surface area contributed by atoms with Crippen LogP contribution in [0.4, 0.5) is 0 Å². The van der Waals surface area contributed by atoms with E-state index < -0.39 is 0 Å². The lowest BCUT2D eigenvalue weighted by Crippen LogP contribution is -1.90. The monoisotopic (exact) mass is 319 g/mol. The third-order valence-electron chi connectivity index (χ3n) is 3.37. The molecule has 1 heterocycles. The number of carbonyl (C=O) groups excluding carboxylic acids is 1. The second kappa shape index (κ2) is 5.43. The van der Waals surface area contributed by atoms with E-state index in [0.29, 0.717) is 27.1 Å². The van der Waals surface area contributed by atoms with Crippen LogP contribution in [-0.4, -0.2) is 18.4 Å². The molecular weight excluding hydrogens is 309 g/mol. The number of rotatable bonds is 3. The van der Waals surface area contributed by atoms with E-state index in [-0.39, 0.29) is 0 Å². The quantitative estimate of drug-likeness (QED) is 0.693. The number of methoxy groups -OCH3 is 1. The Morgan fingerprint density at radius 2 is 2.00 bits per heavy atom. The number of benzene rings is 2. The van der Waals surface area contributed by atoms with Crippen molar-refractivity contribution in [3.05, 3.63) is 52.0 Å². The number of ether oxygens (including phenoxy) is 1. The van der Waals surface area contributed by atoms with Gasteiger partial charge in [0.25, 0.3) is 0 Å². The minimum absolute atomic E-state index is 0.535. The Morgan fingerprint density at radius 1 is 1.19 bits per heavy atom. The summed E-state index contributed by atoms with van der Waals surface area (Å²) in [5.41, 5.74) is 2.62. The van der Waals surface area contributed by atoms with Crippen molar-refractivity contribution in [3.8, 4) is 17.0 Å². The van der Waals surface area contributed by atoms with Crippen LogP contribution in [0.2, 0.25) is 10.0 Å². The standard InChI is InChI=1S/C16H11Cl2NO2/c1-21-14-6-5-9(17)7-11(14)15-12(8-20)10-3-2-4-13(18)16(10)19-15/h2-8,19H,1H3. The lowest BCUT2D eigenvalue weighted by atomic mass is 10.1. The maximum atomic E-state index is 11.5. The van der Waals surface area contributed by atoms with Gasteiger partial charge in [-0.25, -0.2) is 0 Å². The molecule has 1 N–H and O–H groups in total. The third kappa shape index (κ3) is 2.28. The Balaban J connectivity index is 2.37. The van der Waals surface area contributed by atoms with Crippen LogP contribution >= 0.6 is 23.2 Å². The molecule has 0 amide bonds. The van der Waals surface area contributed by atoms with Gasteiger partial charge in [-0.2, -0.15) is 0 Å². The number of carbonyl (C=O) groups is 1. The molecule has 21 heavy (non-hydrogen) atoms. The second-order valence-electron chi connectivity index (χ2n) is 4.54. The zero-order valence-corrected chi connectivity index (χ0v) is 12.6. The third-order valence-corrected chi connectivity index (χ3v) is 3.92. The normalized spacial score (nSPS) is 10.8. The summed E-state index contributed by atoms with van der Waals surface area (Å²) in [7, 11) is 1.57. The Kier molecular flexibility index (Phi) is 3.62. The van der Waals surface area contributed by atoms with Crippen LogP contribution in [0, 0.1) is 0 Å². The molecule has 3 aromatic rings. The van der Waals surface area contributed by atoms with Crippen molar-refractivity contribution in [3.63, 3.8) is 0 Å². The van der Waals surface area contributed by atoms with Gasteiger partial charge in [-0.3, -0.25) is 4.79 Å². The number of hydrogen-bond donors (Lipinski definition) is 1. The minimum Gasteiger partial charge on any atom is -0.496 e. The van der Waals surface area contributed by atoms with Crippen molar-refractivity contribution in [1.29, 1.82) is 0 Å². The van der Waals surface area contributed by atoms with Crippen LogP contribution in [0.5, 0.6) is 5.75 Å². The number of aromatic nitrogens is 1. The predicted molar refractivity (Wildman–Crippen MR) is 85.7 cm³/mol. The van der Waals surface area contributed by atoms with E-state index in [0.717, 1.165) is 22.8 Å². The Bertz CT molecular complexity index is 840. The summed E-state index contributed by atoms with van der Waals surface area (Å²) in [6.07, 6.45) is 0.810. The van der Waals surface area contributed by atoms with Crippen molar-refractivity contribution < 1.29 is 9.53 Å². The van der Waals surface area contributed by atoms with Gasteiger partial charge in [-0.05, 0) is 24.3 Å². The lowest BCUT2D eigenvalue weighted by molar-refractivity contribution is 0.112. The Labute approximate surface area is 131 Å². The highest BCUT2D eigenvalue weighted by molar-refractivity contribution is 6.35. The van der Waals surface area contributed by atoms with Gasteiger partial charge in [0, 0.05) is 21.5 Å². The van der Waals surface area contributed by atoms with Crippen molar-refractivity contribution in [2.45, 2.75) is 0 Å². The van der Waals surface area contributed by atoms with Crippen molar-refractivity contribution in [1.82, 2.24) is 4.98 Å². The number of halogens is 2. The highest BCUT2D eigenvalue weighted by Gasteiger charge is 2.17. The maximum absolute atomic E-state index is 11.5. The van der Waals surface area contributed by atoms with Crippen molar-refractivity contribution >= 4 is 40.4 Å². The van der Waals surface area contributed by atoms with Crippen LogP contribution < -0.4 is 4.74 Å². The zero-order valence-electron chi connectivity index (χ0n) is 11.1. The summed E-state index contributed by atoms with van der Waals surface area (Å²) in [4.78, 5) is 14.7. The van der Waals surface area contributed by atoms with E-state index in [1.54, 1.807) is 31.4 Å². The average Bonchev–Trinajstić information content (AvgIpc) is 2.87. The molecular formula is C16H11Cl2NO2. The van der Waals surface area contributed by atoms with Crippen molar-refractivity contribution in [2.24, 2.45) is 0 Å². The van der Waals surface area contributed by atoms with Gasteiger partial charge in [0.05, 0.1) is 23.3 Å². The molecule has 0 saturated carbocycles. The number of H-pyrrole nitrogens is 1. The number of hydrogen-bond acceptors (Lipinski definition) is 2. The topological polar surface area (TPSA) is 42.1 Å². The van der Waals surface area contributed by atoms with E-state index in [1.165, 1.54) is 0 Å². The molecule has 0 aliphatic carbocycles. The lowest BCUT2D eigenvalue weighted by Gasteiger charge is -2.08. The molecule has 0 fully saturated rings. The summed E-state index contributed by atoms with van der Waals surface area (Å²) in [6.45, 7) is 0. The SMILES string of the molecule is COc1ccc(Cl)cc1-c1[nH]c2c(Cl)cccc2c1C=O. The van der Waals surface area contributed by atoms with E-state index in [1.807, 2.05) is 12.1 Å². The largest absolute Gasteiger partial charge is 0.496 e. The average molecular weight is 320 g/mol. The van der Waals surface area contributed by atoms with E-state index in [9.17, 15) is 4.79 Å². The first-order valence-electron chi connectivity index (χ1n) is 6.25. The molecule has 0 radical (unpaired) electrons. The van der Waals surface area contributed by atoms with Crippen LogP contribution in [0.15, 0.2) is 36.4 Å². The Hall–Kier alpha value is -1.97. The first kappa shape index (κ1) is 14.0. The zero-order chi connectivity index (χ0) is 15.0. The molecule has 3 rings (SSSR count). The van der Waals surface area contributed by atoms with Gasteiger partial charge in [-0.15, -0.1) is 0 Å². The van der Waals surface area contributed by atoms with Gasteiger partial charge >= 0.3 is 0 Å². The van der Waals surface area contributed by atoms with E-state index in [2.05, 4.69) is 4.98 Å². The summed E-state index contributed by atoms with van der Waals surface area (Å²) in [5.74, 6) is 0.630. The number of fused-ring (bicyclic) bond motifs is 1. The number of nitrogens with one attached hydrogen (secondary N) is 1. The maximum Gasteiger partial charge on any atom is 0.152 e. The van der Waals surface area contributed by atoms with Gasteiger partial charge in [0.15, 0.2) is 6.29 Å². The molecule has 1 aromatic heterocycles. The second-order valence-corrected chi connectivity index (χ2v) is 5.38. The fourth-order valence-corrected chi connectivity index (χ4v) is 2.81. The summed E-state index contributed by atoms with van der Waals surface area (Å²) in [5, 5.41) is 1.89. The first-order valence-corrected chi connectivity index (χ1v) is 7.00. The highest BCUT2D eigenvalue weighted by Crippen LogP contribution is 2.38. The molecule has 106 valence electrons. The van der Waals surface area contributed by atoms with Gasteiger partial charge in [0.2, 0.25) is 0 Å². The van der Waals surface area contributed by atoms with E-state index >= 15 is 0 Å². The molecule has 0 saturated heterocycles. The van der Waals surface area contributed by atoms with Crippen LogP contribution in [-0.2, 0) is 0 Å². The fourth-order valence-electron chi connectivity index (χ4n) is 2.41. The molecule has 0 aliphatic rings. The molecule has 0 unspecified atom stereocenters.